The fraction of sp³-hybridized carbons (Fsp3) is 0.0656. The standard InChI is InChI=1S/C61H40N4S/c1-2-15-39-34-45(28-25-37(39)13-1)59-62-60(64-61(63-59)65-53-23-11-9-21-49(53)50-22-10-12-24-54(50)65)56-44(30-32-55-57(56)51-31-29-38-14-5-6-19-47(38)58(51)66-55)35-42-26-27-43-33-40-16-3-4-17-41(40)36-52(43)48-20-8-7-18-46(42)48/h1-25,28-34,36,42H,26-27,35H2. The lowest BCUT2D eigenvalue weighted by Crippen LogP contribution is -2.09. The zero-order valence-corrected chi connectivity index (χ0v) is 36.8. The fourth-order valence-electron chi connectivity index (χ4n) is 11.0. The smallest absolute Gasteiger partial charge is 0.238 e. The third kappa shape index (κ3) is 5.86. The minimum absolute atomic E-state index is 0.261. The number of hydrogen-bond acceptors (Lipinski definition) is 4. The van der Waals surface area contributed by atoms with Gasteiger partial charge in [0, 0.05) is 42.1 Å². The molecule has 1 unspecified atom stereocenters. The first-order valence-electron chi connectivity index (χ1n) is 22.9. The predicted octanol–water partition coefficient (Wildman–Crippen LogP) is 16.1. The number of benzene rings is 10. The SMILES string of the molecule is c1ccc2c(c1)-c1cc3ccccc3cc1CCC2Cc1ccc2sc3c4ccccc4ccc3c2c1-c1nc(-c2ccc3ccccc3c2)nc(-n2c3ccccc3c3ccccc32)n1. The van der Waals surface area contributed by atoms with E-state index in [2.05, 4.69) is 205 Å². The Morgan fingerprint density at radius 1 is 0.485 bits per heavy atom. The van der Waals surface area contributed by atoms with Crippen LogP contribution in [0.2, 0.25) is 0 Å². The highest BCUT2D eigenvalue weighted by molar-refractivity contribution is 7.26. The number of aromatic nitrogens is 4. The predicted molar refractivity (Wildman–Crippen MR) is 277 cm³/mol. The molecule has 0 amide bonds. The van der Waals surface area contributed by atoms with Gasteiger partial charge in [0.2, 0.25) is 5.95 Å². The lowest BCUT2D eigenvalue weighted by molar-refractivity contribution is 0.629. The van der Waals surface area contributed by atoms with Crippen LogP contribution in [0.25, 0.3) is 114 Å². The molecule has 4 nitrogen and oxygen atoms in total. The van der Waals surface area contributed by atoms with E-state index < -0.39 is 0 Å². The molecular weight excluding hydrogens is 821 g/mol. The summed E-state index contributed by atoms with van der Waals surface area (Å²) in [6.45, 7) is 0. The van der Waals surface area contributed by atoms with E-state index in [1.807, 2.05) is 11.3 Å². The quantitative estimate of drug-likeness (QED) is 0.173. The van der Waals surface area contributed by atoms with Crippen LogP contribution in [-0.4, -0.2) is 19.5 Å². The van der Waals surface area contributed by atoms with Gasteiger partial charge < -0.3 is 0 Å². The zero-order chi connectivity index (χ0) is 43.3. The van der Waals surface area contributed by atoms with Crippen molar-refractivity contribution in [3.05, 3.63) is 217 Å². The van der Waals surface area contributed by atoms with Gasteiger partial charge in [0.25, 0.3) is 0 Å². The summed E-state index contributed by atoms with van der Waals surface area (Å²) in [5.41, 5.74) is 10.9. The summed E-state index contributed by atoms with van der Waals surface area (Å²) < 4.78 is 4.75. The number of thiophene rings is 1. The second-order valence-corrected chi connectivity index (χ2v) is 18.9. The Hall–Kier alpha value is -7.99. The van der Waals surface area contributed by atoms with Gasteiger partial charge >= 0.3 is 0 Å². The minimum Gasteiger partial charge on any atom is -0.278 e. The van der Waals surface area contributed by atoms with Crippen molar-refractivity contribution >= 4 is 85.6 Å². The van der Waals surface area contributed by atoms with Crippen LogP contribution in [0.4, 0.5) is 0 Å². The van der Waals surface area contributed by atoms with Gasteiger partial charge in [0.15, 0.2) is 11.6 Å². The van der Waals surface area contributed by atoms with Crippen LogP contribution in [0.15, 0.2) is 200 Å². The maximum absolute atomic E-state index is 5.66. The van der Waals surface area contributed by atoms with Crippen molar-refractivity contribution in [2.75, 3.05) is 0 Å². The van der Waals surface area contributed by atoms with Crippen LogP contribution < -0.4 is 0 Å². The van der Waals surface area contributed by atoms with E-state index in [9.17, 15) is 0 Å². The summed E-state index contributed by atoms with van der Waals surface area (Å²) in [7, 11) is 0. The molecule has 0 saturated heterocycles. The van der Waals surface area contributed by atoms with Gasteiger partial charge in [-0.3, -0.25) is 4.57 Å². The molecule has 0 radical (unpaired) electrons. The second kappa shape index (κ2) is 14.8. The maximum Gasteiger partial charge on any atom is 0.238 e. The van der Waals surface area contributed by atoms with Crippen LogP contribution in [0.3, 0.4) is 0 Å². The molecule has 3 heterocycles. The zero-order valence-electron chi connectivity index (χ0n) is 35.9. The summed E-state index contributed by atoms with van der Waals surface area (Å²) in [4.78, 5) is 16.7. The first-order valence-corrected chi connectivity index (χ1v) is 23.7. The third-order valence-electron chi connectivity index (χ3n) is 14.1. The molecule has 310 valence electrons. The van der Waals surface area contributed by atoms with Crippen molar-refractivity contribution in [3.8, 4) is 39.9 Å². The first-order chi connectivity index (χ1) is 32.7. The Kier molecular flexibility index (Phi) is 8.37. The van der Waals surface area contributed by atoms with Crippen molar-refractivity contribution in [2.24, 2.45) is 0 Å². The third-order valence-corrected chi connectivity index (χ3v) is 15.3. The van der Waals surface area contributed by atoms with Gasteiger partial charge in [-0.25, -0.2) is 4.98 Å². The summed E-state index contributed by atoms with van der Waals surface area (Å²) in [5.74, 6) is 2.21. The van der Waals surface area contributed by atoms with Gasteiger partial charge in [-0.15, -0.1) is 11.3 Å². The molecule has 1 atom stereocenters. The molecule has 1 aliphatic rings. The summed E-state index contributed by atoms with van der Waals surface area (Å²) in [6, 6.07) is 73.2. The molecule has 0 saturated carbocycles. The average Bonchev–Trinajstić information content (AvgIpc) is 3.88. The van der Waals surface area contributed by atoms with Crippen molar-refractivity contribution in [3.63, 3.8) is 0 Å². The molecule has 3 aromatic heterocycles. The highest BCUT2D eigenvalue weighted by Crippen LogP contribution is 2.47. The van der Waals surface area contributed by atoms with E-state index in [0.717, 1.165) is 46.8 Å². The van der Waals surface area contributed by atoms with Gasteiger partial charge in [0.1, 0.15) is 0 Å². The van der Waals surface area contributed by atoms with E-state index in [4.69, 9.17) is 15.0 Å². The minimum atomic E-state index is 0.261. The molecule has 0 spiro atoms. The summed E-state index contributed by atoms with van der Waals surface area (Å²) >= 11 is 1.87. The molecular formula is C61H40N4S. The number of fused-ring (bicyclic) bond motifs is 13. The van der Waals surface area contributed by atoms with Gasteiger partial charge in [0.05, 0.1) is 11.0 Å². The van der Waals surface area contributed by atoms with Crippen LogP contribution in [-0.2, 0) is 12.8 Å². The Bertz CT molecular complexity index is 4070. The van der Waals surface area contributed by atoms with Gasteiger partial charge in [-0.2, -0.15) is 9.97 Å². The molecule has 0 bridgehead atoms. The summed E-state index contributed by atoms with van der Waals surface area (Å²) in [6.07, 6.45) is 2.86. The van der Waals surface area contributed by atoms with E-state index in [1.54, 1.807) is 0 Å². The largest absolute Gasteiger partial charge is 0.278 e. The van der Waals surface area contributed by atoms with E-state index in [-0.39, 0.29) is 5.92 Å². The highest BCUT2D eigenvalue weighted by Gasteiger charge is 2.27. The Labute approximate surface area is 385 Å². The number of hydrogen-bond donors (Lipinski definition) is 0. The lowest BCUT2D eigenvalue weighted by Gasteiger charge is -2.21. The van der Waals surface area contributed by atoms with Crippen LogP contribution in [0.1, 0.15) is 29.0 Å². The number of para-hydroxylation sites is 2. The van der Waals surface area contributed by atoms with Gasteiger partial charge in [-0.05, 0) is 116 Å². The van der Waals surface area contributed by atoms with E-state index >= 15 is 0 Å². The van der Waals surface area contributed by atoms with E-state index in [1.165, 1.54) is 85.7 Å². The second-order valence-electron chi connectivity index (χ2n) is 17.8. The van der Waals surface area contributed by atoms with Crippen molar-refractivity contribution < 1.29 is 0 Å². The van der Waals surface area contributed by atoms with Crippen molar-refractivity contribution in [1.29, 1.82) is 0 Å². The van der Waals surface area contributed by atoms with Gasteiger partial charge in [-0.1, -0.05) is 170 Å². The molecule has 14 rings (SSSR count). The first kappa shape index (κ1) is 37.4. The van der Waals surface area contributed by atoms with Crippen LogP contribution in [0.5, 0.6) is 0 Å². The maximum atomic E-state index is 5.66. The Morgan fingerprint density at radius 3 is 1.92 bits per heavy atom. The molecule has 10 aromatic carbocycles. The highest BCUT2D eigenvalue weighted by atomic mass is 32.1. The van der Waals surface area contributed by atoms with Crippen LogP contribution >= 0.6 is 11.3 Å². The molecule has 5 heteroatoms. The Morgan fingerprint density at radius 2 is 1.12 bits per heavy atom. The monoisotopic (exact) mass is 860 g/mol. The molecule has 13 aromatic rings. The number of aryl methyl sites for hydroxylation is 1. The topological polar surface area (TPSA) is 43.6 Å². The average molecular weight is 861 g/mol. The van der Waals surface area contributed by atoms with Crippen molar-refractivity contribution in [2.45, 2.75) is 25.2 Å². The molecule has 0 N–H and O–H groups in total. The molecule has 0 fully saturated rings. The van der Waals surface area contributed by atoms with Crippen molar-refractivity contribution in [1.82, 2.24) is 19.5 Å². The number of rotatable bonds is 5. The fourth-order valence-corrected chi connectivity index (χ4v) is 12.3. The lowest BCUT2D eigenvalue weighted by atomic mass is 9.84. The molecule has 66 heavy (non-hydrogen) atoms. The summed E-state index contributed by atoms with van der Waals surface area (Å²) in [5, 5.41) is 12.2. The normalized spacial score (nSPS) is 13.8. The number of nitrogens with zero attached hydrogens (tertiary/aromatic N) is 4. The molecule has 1 aliphatic carbocycles. The van der Waals surface area contributed by atoms with E-state index in [0.29, 0.717) is 17.6 Å². The van der Waals surface area contributed by atoms with Crippen LogP contribution in [0, 0.1) is 0 Å². The molecule has 0 aliphatic heterocycles. The Balaban J connectivity index is 1.04.